The van der Waals surface area contributed by atoms with Crippen molar-refractivity contribution in [3.63, 3.8) is 0 Å². The molecule has 42 heavy (non-hydrogen) atoms. The fourth-order valence-electron chi connectivity index (χ4n) is 5.53. The molecule has 1 aliphatic carbocycles. The predicted molar refractivity (Wildman–Crippen MR) is 160 cm³/mol. The Morgan fingerprint density at radius 1 is 1.02 bits per heavy atom. The SMILES string of the molecule is CCCCCc1nc2c(c(=O)n(CC3CC3)c(=O)n2C(C)OC)n1Cc1ccc(-c2ccccc2-c2nnn[nH]2)cc1. The lowest BCUT2D eigenvalue weighted by molar-refractivity contribution is 0.0584. The van der Waals surface area contributed by atoms with Crippen LogP contribution < -0.4 is 11.2 Å². The second-order valence-corrected chi connectivity index (χ2v) is 11.1. The van der Waals surface area contributed by atoms with E-state index in [4.69, 9.17) is 9.72 Å². The average molecular weight is 569 g/mol. The van der Waals surface area contributed by atoms with Gasteiger partial charge in [0, 0.05) is 32.2 Å². The second kappa shape index (κ2) is 11.8. The molecule has 1 unspecified atom stereocenters. The Morgan fingerprint density at radius 2 is 1.79 bits per heavy atom. The van der Waals surface area contributed by atoms with Crippen molar-refractivity contribution in [1.29, 1.82) is 0 Å². The van der Waals surface area contributed by atoms with Crippen LogP contribution in [0.5, 0.6) is 0 Å². The van der Waals surface area contributed by atoms with Gasteiger partial charge in [-0.3, -0.25) is 9.36 Å². The zero-order valence-corrected chi connectivity index (χ0v) is 24.3. The topological polar surface area (TPSA) is 126 Å². The van der Waals surface area contributed by atoms with Crippen LogP contribution in [0.2, 0.25) is 0 Å². The molecule has 218 valence electrons. The van der Waals surface area contributed by atoms with Gasteiger partial charge in [-0.2, -0.15) is 0 Å². The van der Waals surface area contributed by atoms with Crippen LogP contribution in [0.1, 0.15) is 63.6 Å². The summed E-state index contributed by atoms with van der Waals surface area (Å²) >= 11 is 0. The van der Waals surface area contributed by atoms with E-state index in [9.17, 15) is 9.59 Å². The van der Waals surface area contributed by atoms with Gasteiger partial charge in [0.1, 0.15) is 12.1 Å². The standard InChI is InChI=1S/C31H36N8O3/c1-4-5-6-11-26-32-29-27(30(40)38(19-21-12-13-21)31(41)39(29)20(2)42-3)37(26)18-22-14-16-23(17-15-22)24-9-7-8-10-25(24)28-33-35-36-34-28/h7-10,14-17,20-21H,4-6,11-13,18-19H2,1-3H3,(H,33,34,35,36). The first-order valence-electron chi connectivity index (χ1n) is 14.7. The minimum atomic E-state index is -0.559. The molecule has 0 amide bonds. The number of benzene rings is 2. The van der Waals surface area contributed by atoms with Gasteiger partial charge in [-0.05, 0) is 59.2 Å². The second-order valence-electron chi connectivity index (χ2n) is 11.1. The third-order valence-corrected chi connectivity index (χ3v) is 8.12. The highest BCUT2D eigenvalue weighted by Gasteiger charge is 2.28. The number of imidazole rings is 1. The van der Waals surface area contributed by atoms with E-state index >= 15 is 0 Å². The molecule has 5 aromatic rings. The van der Waals surface area contributed by atoms with E-state index in [1.165, 1.54) is 9.13 Å². The van der Waals surface area contributed by atoms with E-state index in [1.54, 1.807) is 7.11 Å². The number of aromatic nitrogens is 8. The zero-order chi connectivity index (χ0) is 29.2. The van der Waals surface area contributed by atoms with Crippen molar-refractivity contribution in [3.8, 4) is 22.5 Å². The maximum atomic E-state index is 13.9. The molecule has 0 saturated heterocycles. The minimum Gasteiger partial charge on any atom is -0.361 e. The summed E-state index contributed by atoms with van der Waals surface area (Å²) < 4.78 is 10.5. The molecular weight excluding hydrogens is 532 g/mol. The van der Waals surface area contributed by atoms with Crippen molar-refractivity contribution in [1.82, 2.24) is 39.3 Å². The number of fused-ring (bicyclic) bond motifs is 1. The van der Waals surface area contributed by atoms with Crippen LogP contribution in [-0.4, -0.2) is 46.4 Å². The molecule has 1 saturated carbocycles. The number of H-pyrrole nitrogens is 1. The summed E-state index contributed by atoms with van der Waals surface area (Å²) in [5.74, 6) is 1.78. The first-order chi connectivity index (χ1) is 20.5. The summed E-state index contributed by atoms with van der Waals surface area (Å²) in [5, 5.41) is 14.4. The van der Waals surface area contributed by atoms with Gasteiger partial charge in [-0.15, -0.1) is 5.10 Å². The summed E-state index contributed by atoms with van der Waals surface area (Å²) in [7, 11) is 1.57. The molecule has 0 radical (unpaired) electrons. The highest BCUT2D eigenvalue weighted by atomic mass is 16.5. The van der Waals surface area contributed by atoms with Crippen molar-refractivity contribution in [2.45, 2.75) is 71.7 Å². The lowest BCUT2D eigenvalue weighted by Gasteiger charge is -2.17. The third-order valence-electron chi connectivity index (χ3n) is 8.12. The van der Waals surface area contributed by atoms with Crippen molar-refractivity contribution in [2.75, 3.05) is 7.11 Å². The Hall–Kier alpha value is -4.38. The fraction of sp³-hybridized carbons (Fsp3) is 0.419. The van der Waals surface area contributed by atoms with Crippen molar-refractivity contribution >= 4 is 11.2 Å². The first kappa shape index (κ1) is 27.8. The highest BCUT2D eigenvalue weighted by Crippen LogP contribution is 2.31. The van der Waals surface area contributed by atoms with Gasteiger partial charge in [-0.25, -0.2) is 19.4 Å². The molecule has 3 aromatic heterocycles. The van der Waals surface area contributed by atoms with E-state index < -0.39 is 6.23 Å². The van der Waals surface area contributed by atoms with Crippen LogP contribution in [0.4, 0.5) is 0 Å². The number of nitrogens with zero attached hydrogens (tertiary/aromatic N) is 7. The normalized spacial score (nSPS) is 14.1. The molecule has 0 spiro atoms. The van der Waals surface area contributed by atoms with Crippen LogP contribution in [-0.2, 0) is 24.2 Å². The summed E-state index contributed by atoms with van der Waals surface area (Å²) in [6.45, 7) is 4.86. The van der Waals surface area contributed by atoms with Gasteiger partial charge >= 0.3 is 5.69 Å². The van der Waals surface area contributed by atoms with Gasteiger partial charge in [0.2, 0.25) is 0 Å². The Balaban J connectivity index is 1.44. The molecule has 11 heteroatoms. The number of rotatable bonds is 12. The number of aryl methyl sites for hydroxylation is 1. The summed E-state index contributed by atoms with van der Waals surface area (Å²) in [5.41, 5.74) is 4.19. The minimum absolute atomic E-state index is 0.276. The number of hydrogen-bond acceptors (Lipinski definition) is 7. The van der Waals surface area contributed by atoms with Gasteiger partial charge in [0.05, 0.1) is 0 Å². The quantitative estimate of drug-likeness (QED) is 0.219. The average Bonchev–Trinajstić information content (AvgIpc) is 3.53. The maximum absolute atomic E-state index is 13.9. The van der Waals surface area contributed by atoms with E-state index in [0.29, 0.717) is 36.0 Å². The van der Waals surface area contributed by atoms with E-state index in [1.807, 2.05) is 35.8 Å². The fourth-order valence-corrected chi connectivity index (χ4v) is 5.53. The van der Waals surface area contributed by atoms with Crippen molar-refractivity contribution in [3.05, 3.63) is 80.8 Å². The molecule has 0 aliphatic heterocycles. The van der Waals surface area contributed by atoms with Crippen LogP contribution in [0, 0.1) is 5.92 Å². The lowest BCUT2D eigenvalue weighted by Crippen LogP contribution is -2.42. The molecule has 1 N–H and O–H groups in total. The monoisotopic (exact) mass is 568 g/mol. The van der Waals surface area contributed by atoms with Gasteiger partial charge in [0.25, 0.3) is 5.56 Å². The van der Waals surface area contributed by atoms with Crippen LogP contribution in [0.25, 0.3) is 33.7 Å². The Bertz CT molecular complexity index is 1800. The number of aromatic amines is 1. The van der Waals surface area contributed by atoms with E-state index in [-0.39, 0.29) is 11.2 Å². The number of hydrogen-bond donors (Lipinski definition) is 1. The summed E-state index contributed by atoms with van der Waals surface area (Å²) in [4.78, 5) is 32.4. The Morgan fingerprint density at radius 3 is 2.45 bits per heavy atom. The lowest BCUT2D eigenvalue weighted by atomic mass is 9.98. The number of methoxy groups -OCH3 is 1. The molecular formula is C31H36N8O3. The first-order valence-corrected chi connectivity index (χ1v) is 14.7. The van der Waals surface area contributed by atoms with Crippen molar-refractivity contribution in [2.24, 2.45) is 5.92 Å². The Labute approximate surface area is 243 Å². The maximum Gasteiger partial charge on any atom is 0.334 e. The number of ether oxygens (including phenoxy) is 1. The molecule has 11 nitrogen and oxygen atoms in total. The van der Waals surface area contributed by atoms with Crippen LogP contribution in [0.3, 0.4) is 0 Å². The third kappa shape index (κ3) is 5.32. The molecule has 1 fully saturated rings. The van der Waals surface area contributed by atoms with E-state index in [0.717, 1.165) is 66.6 Å². The molecule has 2 aromatic carbocycles. The number of tetrazole rings is 1. The summed E-state index contributed by atoms with van der Waals surface area (Å²) in [6.07, 6.45) is 5.32. The number of unbranched alkanes of at least 4 members (excludes halogenated alkanes) is 2. The predicted octanol–water partition coefficient (Wildman–Crippen LogP) is 4.56. The van der Waals surface area contributed by atoms with Gasteiger partial charge < -0.3 is 9.30 Å². The summed E-state index contributed by atoms with van der Waals surface area (Å²) in [6, 6.07) is 16.3. The number of nitrogens with one attached hydrogen (secondary N) is 1. The molecule has 3 heterocycles. The van der Waals surface area contributed by atoms with Gasteiger partial charge in [-0.1, -0.05) is 68.3 Å². The largest absolute Gasteiger partial charge is 0.361 e. The van der Waals surface area contributed by atoms with Crippen LogP contribution >= 0.6 is 0 Å². The molecule has 6 rings (SSSR count). The van der Waals surface area contributed by atoms with Gasteiger partial charge in [0.15, 0.2) is 17.0 Å². The van der Waals surface area contributed by atoms with Crippen LogP contribution in [0.15, 0.2) is 58.1 Å². The molecule has 0 bridgehead atoms. The molecule has 1 atom stereocenters. The smallest absolute Gasteiger partial charge is 0.334 e. The van der Waals surface area contributed by atoms with Crippen molar-refractivity contribution < 1.29 is 4.74 Å². The highest BCUT2D eigenvalue weighted by molar-refractivity contribution is 5.80. The molecule has 1 aliphatic rings. The zero-order valence-electron chi connectivity index (χ0n) is 24.3. The van der Waals surface area contributed by atoms with E-state index in [2.05, 4.69) is 51.8 Å². The Kier molecular flexibility index (Phi) is 7.84.